The molecular formula is C19H38O2. The SMILES string of the molecule is COCC(CCC(C)C(C)(C)C)(COC)C1CCCCC1. The van der Waals surface area contributed by atoms with Gasteiger partial charge in [-0.2, -0.15) is 0 Å². The van der Waals surface area contributed by atoms with E-state index >= 15 is 0 Å². The summed E-state index contributed by atoms with van der Waals surface area (Å²) >= 11 is 0. The van der Waals surface area contributed by atoms with Crippen molar-refractivity contribution >= 4 is 0 Å². The first kappa shape index (κ1) is 19.0. The van der Waals surface area contributed by atoms with Crippen molar-refractivity contribution < 1.29 is 9.47 Å². The molecule has 1 saturated carbocycles. The van der Waals surface area contributed by atoms with Gasteiger partial charge in [0.05, 0.1) is 13.2 Å². The van der Waals surface area contributed by atoms with Gasteiger partial charge < -0.3 is 9.47 Å². The highest BCUT2D eigenvalue weighted by Gasteiger charge is 2.40. The Balaban J connectivity index is 2.78. The Hall–Kier alpha value is -0.0800. The second-order valence-corrected chi connectivity index (χ2v) is 8.37. The van der Waals surface area contributed by atoms with Gasteiger partial charge >= 0.3 is 0 Å². The normalized spacial score (nSPS) is 19.7. The van der Waals surface area contributed by atoms with Crippen molar-refractivity contribution in [2.24, 2.45) is 22.7 Å². The zero-order chi connectivity index (χ0) is 15.9. The number of hydrogen-bond acceptors (Lipinski definition) is 2. The van der Waals surface area contributed by atoms with Crippen LogP contribution in [0.2, 0.25) is 0 Å². The number of rotatable bonds is 8. The van der Waals surface area contributed by atoms with E-state index in [1.54, 1.807) is 0 Å². The summed E-state index contributed by atoms with van der Waals surface area (Å²) in [7, 11) is 3.70. The van der Waals surface area contributed by atoms with Crippen molar-refractivity contribution in [3.8, 4) is 0 Å². The van der Waals surface area contributed by atoms with E-state index in [0.29, 0.717) is 5.41 Å². The first-order valence-electron chi connectivity index (χ1n) is 8.83. The van der Waals surface area contributed by atoms with Crippen LogP contribution in [0.15, 0.2) is 0 Å². The molecule has 1 atom stereocenters. The van der Waals surface area contributed by atoms with Gasteiger partial charge in [0.25, 0.3) is 0 Å². The van der Waals surface area contributed by atoms with E-state index in [-0.39, 0.29) is 5.41 Å². The third-order valence-corrected chi connectivity index (χ3v) is 5.89. The van der Waals surface area contributed by atoms with E-state index < -0.39 is 0 Å². The highest BCUT2D eigenvalue weighted by Crippen LogP contribution is 2.44. The van der Waals surface area contributed by atoms with Crippen molar-refractivity contribution in [1.29, 1.82) is 0 Å². The largest absolute Gasteiger partial charge is 0.384 e. The third kappa shape index (κ3) is 5.56. The first-order valence-corrected chi connectivity index (χ1v) is 8.83. The van der Waals surface area contributed by atoms with Gasteiger partial charge in [0.15, 0.2) is 0 Å². The monoisotopic (exact) mass is 298 g/mol. The molecule has 1 unspecified atom stereocenters. The molecule has 0 aromatic rings. The summed E-state index contributed by atoms with van der Waals surface area (Å²) in [6.07, 6.45) is 9.39. The zero-order valence-electron chi connectivity index (χ0n) is 15.3. The molecule has 0 aromatic carbocycles. The highest BCUT2D eigenvalue weighted by atomic mass is 16.5. The Labute approximate surface area is 133 Å². The molecule has 2 nitrogen and oxygen atoms in total. The lowest BCUT2D eigenvalue weighted by Crippen LogP contribution is -2.41. The standard InChI is InChI=1S/C19H38O2/c1-16(18(2,3)4)12-13-19(14-20-5,15-21-6)17-10-8-7-9-11-17/h16-17H,7-15H2,1-6H3. The Morgan fingerprint density at radius 2 is 1.48 bits per heavy atom. The van der Waals surface area contributed by atoms with Crippen LogP contribution >= 0.6 is 0 Å². The number of hydrogen-bond donors (Lipinski definition) is 0. The molecular weight excluding hydrogens is 260 g/mol. The van der Waals surface area contributed by atoms with Crippen molar-refractivity contribution in [2.75, 3.05) is 27.4 Å². The third-order valence-electron chi connectivity index (χ3n) is 5.89. The molecule has 1 rings (SSSR count). The van der Waals surface area contributed by atoms with Gasteiger partial charge in [-0.3, -0.25) is 0 Å². The molecule has 0 bridgehead atoms. The Bertz CT molecular complexity index is 268. The lowest BCUT2D eigenvalue weighted by atomic mass is 9.65. The molecule has 1 aliphatic rings. The first-order chi connectivity index (χ1) is 9.85. The van der Waals surface area contributed by atoms with Crippen LogP contribution in [0.25, 0.3) is 0 Å². The fourth-order valence-corrected chi connectivity index (χ4v) is 3.85. The van der Waals surface area contributed by atoms with Crippen LogP contribution in [0.5, 0.6) is 0 Å². The van der Waals surface area contributed by atoms with Crippen LogP contribution in [0.3, 0.4) is 0 Å². The van der Waals surface area contributed by atoms with E-state index in [1.807, 2.05) is 14.2 Å². The number of methoxy groups -OCH3 is 2. The molecule has 21 heavy (non-hydrogen) atoms. The fraction of sp³-hybridized carbons (Fsp3) is 1.00. The Morgan fingerprint density at radius 3 is 1.90 bits per heavy atom. The average molecular weight is 299 g/mol. The molecule has 2 heteroatoms. The molecule has 0 radical (unpaired) electrons. The van der Waals surface area contributed by atoms with Gasteiger partial charge in [-0.25, -0.2) is 0 Å². The summed E-state index contributed by atoms with van der Waals surface area (Å²) in [5.74, 6) is 1.51. The molecule has 0 amide bonds. The lowest BCUT2D eigenvalue weighted by Gasteiger charge is -2.43. The second kappa shape index (κ2) is 8.53. The zero-order valence-corrected chi connectivity index (χ0v) is 15.3. The summed E-state index contributed by atoms with van der Waals surface area (Å²) in [5.41, 5.74) is 0.613. The number of ether oxygens (including phenoxy) is 2. The minimum Gasteiger partial charge on any atom is -0.384 e. The quantitative estimate of drug-likeness (QED) is 0.604. The Kier molecular flexibility index (Phi) is 7.70. The second-order valence-electron chi connectivity index (χ2n) is 8.37. The van der Waals surface area contributed by atoms with E-state index in [9.17, 15) is 0 Å². The van der Waals surface area contributed by atoms with E-state index in [0.717, 1.165) is 25.0 Å². The maximum Gasteiger partial charge on any atom is 0.0543 e. The van der Waals surface area contributed by atoms with E-state index in [2.05, 4.69) is 27.7 Å². The molecule has 0 saturated heterocycles. The van der Waals surface area contributed by atoms with Gasteiger partial charge in [0.1, 0.15) is 0 Å². The van der Waals surface area contributed by atoms with Crippen LogP contribution in [-0.2, 0) is 9.47 Å². The predicted molar refractivity (Wildman–Crippen MR) is 90.6 cm³/mol. The molecule has 0 N–H and O–H groups in total. The summed E-state index contributed by atoms with van der Waals surface area (Å²) in [6.45, 7) is 11.2. The van der Waals surface area contributed by atoms with Crippen LogP contribution in [0.1, 0.15) is 72.6 Å². The molecule has 0 aliphatic heterocycles. The summed E-state index contributed by atoms with van der Waals surface area (Å²) in [6, 6.07) is 0. The summed E-state index contributed by atoms with van der Waals surface area (Å²) in [4.78, 5) is 0. The van der Waals surface area contributed by atoms with Crippen molar-refractivity contribution in [3.63, 3.8) is 0 Å². The molecule has 1 fully saturated rings. The highest BCUT2D eigenvalue weighted by molar-refractivity contribution is 4.89. The minimum absolute atomic E-state index is 0.226. The smallest absolute Gasteiger partial charge is 0.0543 e. The van der Waals surface area contributed by atoms with Crippen LogP contribution in [-0.4, -0.2) is 27.4 Å². The molecule has 0 heterocycles. The van der Waals surface area contributed by atoms with Crippen LogP contribution in [0.4, 0.5) is 0 Å². The van der Waals surface area contributed by atoms with Crippen molar-refractivity contribution in [1.82, 2.24) is 0 Å². The van der Waals surface area contributed by atoms with Gasteiger partial charge in [-0.05, 0) is 42.9 Å². The van der Waals surface area contributed by atoms with Crippen LogP contribution in [0, 0.1) is 22.7 Å². The maximum absolute atomic E-state index is 5.65. The maximum atomic E-state index is 5.65. The molecule has 0 spiro atoms. The summed E-state index contributed by atoms with van der Waals surface area (Å²) < 4.78 is 11.3. The minimum atomic E-state index is 0.226. The van der Waals surface area contributed by atoms with Crippen molar-refractivity contribution in [3.05, 3.63) is 0 Å². The molecule has 1 aliphatic carbocycles. The van der Waals surface area contributed by atoms with Crippen LogP contribution < -0.4 is 0 Å². The average Bonchev–Trinajstić information content (AvgIpc) is 2.44. The fourth-order valence-electron chi connectivity index (χ4n) is 3.85. The van der Waals surface area contributed by atoms with Gasteiger partial charge in [0.2, 0.25) is 0 Å². The van der Waals surface area contributed by atoms with Crippen molar-refractivity contribution in [2.45, 2.75) is 72.6 Å². The molecule has 0 aromatic heterocycles. The lowest BCUT2D eigenvalue weighted by molar-refractivity contribution is -0.0515. The predicted octanol–water partition coefficient (Wildman–Crippen LogP) is 5.31. The van der Waals surface area contributed by atoms with Gasteiger partial charge in [-0.15, -0.1) is 0 Å². The van der Waals surface area contributed by atoms with Gasteiger partial charge in [0, 0.05) is 19.6 Å². The Morgan fingerprint density at radius 1 is 0.952 bits per heavy atom. The summed E-state index contributed by atoms with van der Waals surface area (Å²) in [5, 5.41) is 0. The van der Waals surface area contributed by atoms with E-state index in [4.69, 9.17) is 9.47 Å². The topological polar surface area (TPSA) is 18.5 Å². The van der Waals surface area contributed by atoms with Gasteiger partial charge in [-0.1, -0.05) is 47.0 Å². The molecule has 126 valence electrons. The van der Waals surface area contributed by atoms with E-state index in [1.165, 1.54) is 44.9 Å².